The summed E-state index contributed by atoms with van der Waals surface area (Å²) in [7, 11) is 2.68. The summed E-state index contributed by atoms with van der Waals surface area (Å²) in [5.74, 6) is 0.762. The summed E-state index contributed by atoms with van der Waals surface area (Å²) < 4.78 is 23.0. The standard InChI is InChI=1S/C21H30N4O2S/c1-22-21(23-15-13-17-5-9-19(10-6-17)25(2)3)24-16-14-18-7-11-20(12-8-18)28(4,26)27/h5-12H,13-16H2,1-4H3,(H2,22,23,24). The van der Waals surface area contributed by atoms with E-state index in [1.54, 1.807) is 19.2 Å². The lowest BCUT2D eigenvalue weighted by atomic mass is 10.1. The Hall–Kier alpha value is -2.54. The van der Waals surface area contributed by atoms with E-state index in [0.717, 1.165) is 37.5 Å². The monoisotopic (exact) mass is 402 g/mol. The molecule has 0 aliphatic heterocycles. The van der Waals surface area contributed by atoms with Crippen LogP contribution in [0.15, 0.2) is 58.4 Å². The largest absolute Gasteiger partial charge is 0.378 e. The number of hydrogen-bond donors (Lipinski definition) is 2. The van der Waals surface area contributed by atoms with Gasteiger partial charge in [-0.25, -0.2) is 8.42 Å². The fourth-order valence-electron chi connectivity index (χ4n) is 2.74. The highest BCUT2D eigenvalue weighted by atomic mass is 32.2. The van der Waals surface area contributed by atoms with E-state index in [2.05, 4.69) is 44.8 Å². The van der Waals surface area contributed by atoms with E-state index >= 15 is 0 Å². The molecule has 0 bridgehead atoms. The number of nitrogens with one attached hydrogen (secondary N) is 2. The maximum absolute atomic E-state index is 11.5. The lowest BCUT2D eigenvalue weighted by molar-refractivity contribution is 0.602. The van der Waals surface area contributed by atoms with Crippen molar-refractivity contribution in [2.75, 3.05) is 45.4 Å². The molecule has 2 aromatic rings. The molecule has 0 radical (unpaired) electrons. The molecular weight excluding hydrogens is 372 g/mol. The first kappa shape index (κ1) is 21.8. The van der Waals surface area contributed by atoms with Crippen LogP contribution in [0.3, 0.4) is 0 Å². The Kier molecular flexibility index (Phi) is 7.87. The topological polar surface area (TPSA) is 73.8 Å². The maximum Gasteiger partial charge on any atom is 0.190 e. The lowest BCUT2D eigenvalue weighted by Crippen LogP contribution is -2.39. The molecule has 0 amide bonds. The van der Waals surface area contributed by atoms with Gasteiger partial charge in [0, 0.05) is 46.2 Å². The van der Waals surface area contributed by atoms with Gasteiger partial charge in [-0.05, 0) is 48.2 Å². The smallest absolute Gasteiger partial charge is 0.190 e. The quantitative estimate of drug-likeness (QED) is 0.523. The minimum atomic E-state index is -3.14. The third-order valence-corrected chi connectivity index (χ3v) is 5.57. The molecule has 0 aliphatic carbocycles. The summed E-state index contributed by atoms with van der Waals surface area (Å²) in [5, 5.41) is 6.61. The van der Waals surface area contributed by atoms with Crippen LogP contribution in [0.4, 0.5) is 5.69 Å². The molecule has 7 heteroatoms. The number of sulfone groups is 1. The van der Waals surface area contributed by atoms with Gasteiger partial charge in [-0.15, -0.1) is 0 Å². The van der Waals surface area contributed by atoms with E-state index in [0.29, 0.717) is 4.90 Å². The lowest BCUT2D eigenvalue weighted by Gasteiger charge is -2.14. The Labute approximate surface area is 168 Å². The number of guanidine groups is 1. The van der Waals surface area contributed by atoms with Gasteiger partial charge < -0.3 is 15.5 Å². The highest BCUT2D eigenvalue weighted by Gasteiger charge is 2.06. The van der Waals surface area contributed by atoms with Crippen molar-refractivity contribution in [3.05, 3.63) is 59.7 Å². The second kappa shape index (κ2) is 10.1. The molecule has 152 valence electrons. The predicted octanol–water partition coefficient (Wildman–Crippen LogP) is 2.11. The molecule has 0 unspecified atom stereocenters. The highest BCUT2D eigenvalue weighted by molar-refractivity contribution is 7.90. The molecule has 2 N–H and O–H groups in total. The van der Waals surface area contributed by atoms with Crippen molar-refractivity contribution in [3.8, 4) is 0 Å². The summed E-state index contributed by atoms with van der Waals surface area (Å²) in [6.45, 7) is 1.51. The Balaban J connectivity index is 1.74. The van der Waals surface area contributed by atoms with Gasteiger partial charge >= 0.3 is 0 Å². The zero-order valence-electron chi connectivity index (χ0n) is 17.1. The van der Waals surface area contributed by atoms with Gasteiger partial charge in [0.2, 0.25) is 0 Å². The van der Waals surface area contributed by atoms with Crippen LogP contribution in [0.2, 0.25) is 0 Å². The third kappa shape index (κ3) is 6.88. The van der Waals surface area contributed by atoms with Gasteiger partial charge in [0.15, 0.2) is 15.8 Å². The average Bonchev–Trinajstić information content (AvgIpc) is 2.67. The SMILES string of the molecule is CN=C(NCCc1ccc(N(C)C)cc1)NCCc1ccc(S(C)(=O)=O)cc1. The van der Waals surface area contributed by atoms with Crippen molar-refractivity contribution in [3.63, 3.8) is 0 Å². The Morgan fingerprint density at radius 3 is 1.75 bits per heavy atom. The predicted molar refractivity (Wildman–Crippen MR) is 117 cm³/mol. The van der Waals surface area contributed by atoms with E-state index in [4.69, 9.17) is 0 Å². The van der Waals surface area contributed by atoms with Crippen molar-refractivity contribution < 1.29 is 8.42 Å². The number of hydrogen-bond acceptors (Lipinski definition) is 4. The van der Waals surface area contributed by atoms with Crippen molar-refractivity contribution in [2.24, 2.45) is 4.99 Å². The van der Waals surface area contributed by atoms with Crippen LogP contribution in [0, 0.1) is 0 Å². The summed E-state index contributed by atoms with van der Waals surface area (Å²) in [4.78, 5) is 6.68. The molecule has 2 rings (SSSR count). The van der Waals surface area contributed by atoms with Gasteiger partial charge in [-0.2, -0.15) is 0 Å². The average molecular weight is 403 g/mol. The zero-order chi connectivity index (χ0) is 20.6. The van der Waals surface area contributed by atoms with Crippen molar-refractivity contribution in [1.29, 1.82) is 0 Å². The van der Waals surface area contributed by atoms with Crippen LogP contribution in [0.25, 0.3) is 0 Å². The van der Waals surface area contributed by atoms with Crippen LogP contribution >= 0.6 is 0 Å². The van der Waals surface area contributed by atoms with Gasteiger partial charge in [-0.1, -0.05) is 24.3 Å². The first-order chi connectivity index (χ1) is 13.3. The fraction of sp³-hybridized carbons (Fsp3) is 0.381. The number of rotatable bonds is 8. The normalized spacial score (nSPS) is 11.9. The van der Waals surface area contributed by atoms with Crippen LogP contribution in [0.5, 0.6) is 0 Å². The van der Waals surface area contributed by atoms with Gasteiger partial charge in [0.25, 0.3) is 0 Å². The van der Waals surface area contributed by atoms with Gasteiger partial charge in [0.1, 0.15) is 0 Å². The molecule has 0 aromatic heterocycles. The van der Waals surface area contributed by atoms with E-state index in [-0.39, 0.29) is 0 Å². The van der Waals surface area contributed by atoms with Gasteiger partial charge in [0.05, 0.1) is 4.90 Å². The van der Waals surface area contributed by atoms with E-state index in [9.17, 15) is 8.42 Å². The van der Waals surface area contributed by atoms with Crippen LogP contribution in [-0.4, -0.2) is 54.9 Å². The molecule has 0 saturated carbocycles. The van der Waals surface area contributed by atoms with E-state index in [1.807, 2.05) is 26.2 Å². The molecule has 0 fully saturated rings. The van der Waals surface area contributed by atoms with Crippen LogP contribution in [0.1, 0.15) is 11.1 Å². The molecule has 0 heterocycles. The molecular formula is C21H30N4O2S. The van der Waals surface area contributed by atoms with Crippen LogP contribution < -0.4 is 15.5 Å². The van der Waals surface area contributed by atoms with Crippen molar-refractivity contribution in [2.45, 2.75) is 17.7 Å². The van der Waals surface area contributed by atoms with E-state index < -0.39 is 9.84 Å². The molecule has 0 aliphatic rings. The molecule has 0 atom stereocenters. The summed E-state index contributed by atoms with van der Waals surface area (Å²) in [6.07, 6.45) is 2.92. The number of aliphatic imine (C=N–C) groups is 1. The van der Waals surface area contributed by atoms with Crippen molar-refractivity contribution in [1.82, 2.24) is 10.6 Å². The van der Waals surface area contributed by atoms with Crippen molar-refractivity contribution >= 4 is 21.5 Å². The van der Waals surface area contributed by atoms with E-state index in [1.165, 1.54) is 17.5 Å². The summed E-state index contributed by atoms with van der Waals surface area (Å²) >= 11 is 0. The first-order valence-corrected chi connectivity index (χ1v) is 11.2. The molecule has 6 nitrogen and oxygen atoms in total. The molecule has 0 spiro atoms. The summed E-state index contributed by atoms with van der Waals surface area (Å²) in [5.41, 5.74) is 3.55. The highest BCUT2D eigenvalue weighted by Crippen LogP contribution is 2.12. The molecule has 2 aromatic carbocycles. The maximum atomic E-state index is 11.5. The van der Waals surface area contributed by atoms with Gasteiger partial charge in [-0.3, -0.25) is 4.99 Å². The zero-order valence-corrected chi connectivity index (χ0v) is 17.9. The Morgan fingerprint density at radius 1 is 0.893 bits per heavy atom. The second-order valence-corrected chi connectivity index (χ2v) is 8.92. The number of nitrogens with zero attached hydrogens (tertiary/aromatic N) is 2. The second-order valence-electron chi connectivity index (χ2n) is 6.90. The fourth-order valence-corrected chi connectivity index (χ4v) is 3.37. The Morgan fingerprint density at radius 2 is 1.36 bits per heavy atom. The summed E-state index contributed by atoms with van der Waals surface area (Å²) in [6, 6.07) is 15.5. The van der Waals surface area contributed by atoms with Crippen LogP contribution in [-0.2, 0) is 22.7 Å². The first-order valence-electron chi connectivity index (χ1n) is 9.29. The number of anilines is 1. The molecule has 28 heavy (non-hydrogen) atoms. The third-order valence-electron chi connectivity index (χ3n) is 4.44. The minimum absolute atomic E-state index is 0.347. The molecule has 0 saturated heterocycles. The minimum Gasteiger partial charge on any atom is -0.378 e. The number of benzene rings is 2. The Bertz CT molecular complexity index is 874.